The molecule has 0 amide bonds. The Bertz CT molecular complexity index is 823. The second-order valence-electron chi connectivity index (χ2n) is 7.99. The third kappa shape index (κ3) is 7.47. The van der Waals surface area contributed by atoms with Crippen molar-refractivity contribution in [1.82, 2.24) is 10.2 Å². The van der Waals surface area contributed by atoms with E-state index in [2.05, 4.69) is 34.5 Å². The molecule has 0 radical (unpaired) electrons. The van der Waals surface area contributed by atoms with Crippen LogP contribution in [0.15, 0.2) is 54.1 Å². The van der Waals surface area contributed by atoms with Crippen LogP contribution in [0.1, 0.15) is 38.5 Å². The van der Waals surface area contributed by atoms with E-state index in [0.717, 1.165) is 43.6 Å². The monoisotopic (exact) mass is 410 g/mol. The van der Waals surface area contributed by atoms with Gasteiger partial charge in [0.25, 0.3) is 0 Å². The number of hydrogen-bond donors (Lipinski definition) is 2. The molecule has 2 aromatic rings. The third-order valence-corrected chi connectivity index (χ3v) is 5.60. The summed E-state index contributed by atoms with van der Waals surface area (Å²) in [5.74, 6) is 0.184. The predicted molar refractivity (Wildman–Crippen MR) is 122 cm³/mol. The van der Waals surface area contributed by atoms with Crippen molar-refractivity contribution >= 4 is 16.7 Å². The molecule has 0 unspecified atom stereocenters. The summed E-state index contributed by atoms with van der Waals surface area (Å²) in [5.41, 5.74) is 1.22. The molecule has 0 bridgehead atoms. The smallest absolute Gasteiger partial charge is 0.303 e. The van der Waals surface area contributed by atoms with Gasteiger partial charge in [0, 0.05) is 31.4 Å². The van der Waals surface area contributed by atoms with Gasteiger partial charge in [-0.15, -0.1) is 0 Å². The minimum absolute atomic E-state index is 0.240. The normalized spacial score (nSPS) is 15.0. The van der Waals surface area contributed by atoms with Crippen LogP contribution in [0.5, 0.6) is 5.75 Å². The number of allylic oxidation sites excluding steroid dienone is 1. The molecule has 1 aliphatic heterocycles. The van der Waals surface area contributed by atoms with Gasteiger partial charge in [0.15, 0.2) is 0 Å². The number of aliphatic carboxylic acids is 1. The van der Waals surface area contributed by atoms with Crippen LogP contribution in [-0.2, 0) is 4.79 Å². The Morgan fingerprint density at radius 2 is 1.90 bits per heavy atom. The largest absolute Gasteiger partial charge is 0.489 e. The summed E-state index contributed by atoms with van der Waals surface area (Å²) in [6.07, 6.45) is 7.58. The number of hydrogen-bond acceptors (Lipinski definition) is 4. The number of fused-ring (bicyclic) bond motifs is 1. The van der Waals surface area contributed by atoms with Crippen molar-refractivity contribution in [2.24, 2.45) is 0 Å². The summed E-state index contributed by atoms with van der Waals surface area (Å²) in [4.78, 5) is 13.2. The van der Waals surface area contributed by atoms with Crippen LogP contribution in [0.2, 0.25) is 0 Å². The highest BCUT2D eigenvalue weighted by atomic mass is 16.5. The Kier molecular flexibility index (Phi) is 9.19. The molecule has 0 aliphatic carbocycles. The maximum absolute atomic E-state index is 10.7. The van der Waals surface area contributed by atoms with Crippen molar-refractivity contribution in [2.75, 3.05) is 39.3 Å². The number of rotatable bonds is 13. The lowest BCUT2D eigenvalue weighted by Crippen LogP contribution is -2.31. The molecular weight excluding hydrogens is 376 g/mol. The van der Waals surface area contributed by atoms with Crippen LogP contribution < -0.4 is 10.1 Å². The molecule has 162 valence electrons. The van der Waals surface area contributed by atoms with Crippen LogP contribution >= 0.6 is 0 Å². The van der Waals surface area contributed by atoms with E-state index in [-0.39, 0.29) is 6.42 Å². The second kappa shape index (κ2) is 12.4. The number of benzene rings is 2. The fourth-order valence-electron chi connectivity index (χ4n) is 3.89. The first kappa shape index (κ1) is 22.3. The molecule has 1 aliphatic rings. The Balaban J connectivity index is 1.52. The van der Waals surface area contributed by atoms with Crippen molar-refractivity contribution in [1.29, 1.82) is 0 Å². The summed E-state index contributed by atoms with van der Waals surface area (Å²) in [5, 5.41) is 14.7. The molecule has 1 heterocycles. The van der Waals surface area contributed by atoms with Gasteiger partial charge in [-0.05, 0) is 62.2 Å². The van der Waals surface area contributed by atoms with Gasteiger partial charge in [-0.25, -0.2) is 0 Å². The van der Waals surface area contributed by atoms with Gasteiger partial charge in [-0.3, -0.25) is 4.79 Å². The van der Waals surface area contributed by atoms with Gasteiger partial charge in [0.1, 0.15) is 12.4 Å². The Labute approximate surface area is 179 Å². The van der Waals surface area contributed by atoms with Crippen molar-refractivity contribution < 1.29 is 14.6 Å². The van der Waals surface area contributed by atoms with Crippen molar-refractivity contribution in [2.45, 2.75) is 38.5 Å². The minimum Gasteiger partial charge on any atom is -0.489 e. The number of nitrogens with one attached hydrogen (secondary N) is 1. The van der Waals surface area contributed by atoms with E-state index in [4.69, 9.17) is 9.84 Å². The molecule has 2 N–H and O–H groups in total. The molecule has 5 nitrogen and oxygen atoms in total. The number of likely N-dealkylation sites (tertiary alicyclic amines) is 1. The maximum Gasteiger partial charge on any atom is 0.303 e. The lowest BCUT2D eigenvalue weighted by molar-refractivity contribution is -0.137. The van der Waals surface area contributed by atoms with E-state index in [1.54, 1.807) is 0 Å². The minimum atomic E-state index is -0.720. The third-order valence-electron chi connectivity index (χ3n) is 5.60. The van der Waals surface area contributed by atoms with Crippen molar-refractivity contribution in [3.8, 4) is 5.75 Å². The molecule has 2 aromatic carbocycles. The lowest BCUT2D eigenvalue weighted by Gasteiger charge is -2.16. The average molecular weight is 411 g/mol. The van der Waals surface area contributed by atoms with E-state index in [1.165, 1.54) is 36.9 Å². The Morgan fingerprint density at radius 3 is 2.73 bits per heavy atom. The average Bonchev–Trinajstić information content (AvgIpc) is 3.27. The molecule has 1 saturated heterocycles. The first-order valence-electron chi connectivity index (χ1n) is 11.2. The molecule has 0 aromatic heterocycles. The standard InChI is InChI=1S/C25H34N2O3/c28-25(29)14-3-1-2-9-21(19-26-15-18-27-16-6-7-17-27)20-30-24-13-8-11-22-10-4-5-12-23(22)24/h4-5,8-13,26H,1-3,6-7,14-20H2,(H,28,29)/b21-9-. The predicted octanol–water partition coefficient (Wildman–Crippen LogP) is 4.48. The quantitative estimate of drug-likeness (QED) is 0.377. The van der Waals surface area contributed by atoms with Gasteiger partial charge >= 0.3 is 5.97 Å². The van der Waals surface area contributed by atoms with Crippen LogP contribution in [0.25, 0.3) is 10.8 Å². The second-order valence-corrected chi connectivity index (χ2v) is 7.99. The van der Waals surface area contributed by atoms with Gasteiger partial charge in [-0.1, -0.05) is 42.5 Å². The van der Waals surface area contributed by atoms with Gasteiger partial charge in [0.05, 0.1) is 0 Å². The number of nitrogens with zero attached hydrogens (tertiary/aromatic N) is 1. The van der Waals surface area contributed by atoms with Crippen LogP contribution in [0.4, 0.5) is 0 Å². The topological polar surface area (TPSA) is 61.8 Å². The van der Waals surface area contributed by atoms with Gasteiger partial charge in [0.2, 0.25) is 0 Å². The number of unbranched alkanes of at least 4 members (excludes halogenated alkanes) is 2. The molecule has 1 fully saturated rings. The zero-order valence-electron chi connectivity index (χ0n) is 17.8. The van der Waals surface area contributed by atoms with E-state index in [9.17, 15) is 4.79 Å². The summed E-state index contributed by atoms with van der Waals surface area (Å²) >= 11 is 0. The van der Waals surface area contributed by atoms with E-state index >= 15 is 0 Å². The van der Waals surface area contributed by atoms with Gasteiger partial charge in [-0.2, -0.15) is 0 Å². The lowest BCUT2D eigenvalue weighted by atomic mass is 10.1. The maximum atomic E-state index is 10.7. The van der Waals surface area contributed by atoms with Crippen LogP contribution in [0, 0.1) is 0 Å². The number of carbonyl (C=O) groups is 1. The highest BCUT2D eigenvalue weighted by Crippen LogP contribution is 2.25. The number of ether oxygens (including phenoxy) is 1. The highest BCUT2D eigenvalue weighted by molar-refractivity contribution is 5.88. The van der Waals surface area contributed by atoms with E-state index in [0.29, 0.717) is 13.0 Å². The Hall–Kier alpha value is -2.37. The molecular formula is C25H34N2O3. The Morgan fingerprint density at radius 1 is 1.10 bits per heavy atom. The molecule has 30 heavy (non-hydrogen) atoms. The SMILES string of the molecule is O=C(O)CCCC/C=C(/CNCCN1CCCC1)COc1cccc2ccccc12. The van der Waals surface area contributed by atoms with Crippen molar-refractivity contribution in [3.05, 3.63) is 54.1 Å². The summed E-state index contributed by atoms with van der Waals surface area (Å²) in [7, 11) is 0. The summed E-state index contributed by atoms with van der Waals surface area (Å²) in [6, 6.07) is 14.4. The van der Waals surface area contributed by atoms with E-state index in [1.807, 2.05) is 24.3 Å². The summed E-state index contributed by atoms with van der Waals surface area (Å²) < 4.78 is 6.19. The molecule has 3 rings (SSSR count). The number of carboxylic acids is 1. The molecule has 0 atom stereocenters. The zero-order chi connectivity index (χ0) is 21.0. The zero-order valence-corrected chi connectivity index (χ0v) is 17.8. The van der Waals surface area contributed by atoms with Crippen LogP contribution in [-0.4, -0.2) is 55.3 Å². The fourth-order valence-corrected chi connectivity index (χ4v) is 3.89. The van der Waals surface area contributed by atoms with Crippen LogP contribution in [0.3, 0.4) is 0 Å². The number of carboxylic acid groups (broad SMARTS) is 1. The first-order chi connectivity index (χ1) is 14.7. The fraction of sp³-hybridized carbons (Fsp3) is 0.480. The van der Waals surface area contributed by atoms with E-state index < -0.39 is 5.97 Å². The van der Waals surface area contributed by atoms with Gasteiger partial charge < -0.3 is 20.1 Å². The molecule has 0 spiro atoms. The first-order valence-corrected chi connectivity index (χ1v) is 11.2. The summed E-state index contributed by atoms with van der Waals surface area (Å²) in [6.45, 7) is 5.86. The molecule has 0 saturated carbocycles. The molecule has 5 heteroatoms. The van der Waals surface area contributed by atoms with Crippen molar-refractivity contribution in [3.63, 3.8) is 0 Å². The highest BCUT2D eigenvalue weighted by Gasteiger charge is 2.10.